The summed E-state index contributed by atoms with van der Waals surface area (Å²) in [5.74, 6) is 1.34. The molecule has 2 N–H and O–H groups in total. The summed E-state index contributed by atoms with van der Waals surface area (Å²) >= 11 is 1.68. The van der Waals surface area contributed by atoms with Crippen molar-refractivity contribution in [3.05, 3.63) is 46.7 Å². The number of methoxy groups -OCH3 is 1. The molecule has 0 aliphatic heterocycles. The van der Waals surface area contributed by atoms with Crippen molar-refractivity contribution < 1.29 is 9.53 Å². The van der Waals surface area contributed by atoms with Gasteiger partial charge in [0.15, 0.2) is 0 Å². The molecule has 0 radical (unpaired) electrons. The van der Waals surface area contributed by atoms with E-state index in [4.69, 9.17) is 10.5 Å². The molecule has 4 nitrogen and oxygen atoms in total. The van der Waals surface area contributed by atoms with E-state index in [0.29, 0.717) is 19.0 Å². The van der Waals surface area contributed by atoms with Crippen LogP contribution in [0.4, 0.5) is 5.69 Å². The SMILES string of the molecule is COc1ccc(N(Cc2cccs2)C(=O)[C@@H]2CCC[C@@H]2CN)cc1. The maximum atomic E-state index is 13.2. The predicted octanol–water partition coefficient (Wildman–Crippen LogP) is 3.66. The number of anilines is 1. The van der Waals surface area contributed by atoms with E-state index in [0.717, 1.165) is 30.7 Å². The van der Waals surface area contributed by atoms with Crippen LogP contribution in [0.15, 0.2) is 41.8 Å². The monoisotopic (exact) mass is 344 g/mol. The number of nitrogens with two attached hydrogens (primary N) is 1. The average Bonchev–Trinajstić information content (AvgIpc) is 3.30. The minimum absolute atomic E-state index is 0.0389. The molecule has 3 rings (SSSR count). The first kappa shape index (κ1) is 17.0. The van der Waals surface area contributed by atoms with E-state index in [1.807, 2.05) is 40.6 Å². The molecule has 0 spiro atoms. The van der Waals surface area contributed by atoms with Crippen molar-refractivity contribution >= 4 is 22.9 Å². The summed E-state index contributed by atoms with van der Waals surface area (Å²) in [4.78, 5) is 16.3. The summed E-state index contributed by atoms with van der Waals surface area (Å²) in [5.41, 5.74) is 6.80. The Hall–Kier alpha value is -1.85. The van der Waals surface area contributed by atoms with Crippen LogP contribution in [0, 0.1) is 11.8 Å². The van der Waals surface area contributed by atoms with Crippen LogP contribution in [0.3, 0.4) is 0 Å². The van der Waals surface area contributed by atoms with E-state index in [9.17, 15) is 4.79 Å². The van der Waals surface area contributed by atoms with Crippen LogP contribution in [-0.2, 0) is 11.3 Å². The lowest BCUT2D eigenvalue weighted by Crippen LogP contribution is -2.38. The van der Waals surface area contributed by atoms with Gasteiger partial charge in [-0.2, -0.15) is 0 Å². The number of thiophene rings is 1. The Labute approximate surface area is 147 Å². The van der Waals surface area contributed by atoms with Crippen LogP contribution in [-0.4, -0.2) is 19.6 Å². The third-order valence-corrected chi connectivity index (χ3v) is 5.68. The molecular weight excluding hydrogens is 320 g/mol. The minimum atomic E-state index is 0.0389. The molecule has 1 aromatic heterocycles. The maximum absolute atomic E-state index is 13.2. The maximum Gasteiger partial charge on any atom is 0.230 e. The smallest absolute Gasteiger partial charge is 0.230 e. The van der Waals surface area contributed by atoms with Crippen LogP contribution < -0.4 is 15.4 Å². The Morgan fingerprint density at radius 1 is 1.29 bits per heavy atom. The number of amides is 1. The van der Waals surface area contributed by atoms with Crippen molar-refractivity contribution in [2.45, 2.75) is 25.8 Å². The average molecular weight is 344 g/mol. The lowest BCUT2D eigenvalue weighted by atomic mass is 9.94. The summed E-state index contributed by atoms with van der Waals surface area (Å²) in [6, 6.07) is 11.8. The molecule has 1 amide bonds. The van der Waals surface area contributed by atoms with Crippen molar-refractivity contribution in [2.75, 3.05) is 18.6 Å². The third kappa shape index (κ3) is 3.62. The van der Waals surface area contributed by atoms with Gasteiger partial charge in [0.1, 0.15) is 5.75 Å². The highest BCUT2D eigenvalue weighted by Gasteiger charge is 2.35. The molecule has 128 valence electrons. The van der Waals surface area contributed by atoms with Crippen LogP contribution >= 0.6 is 11.3 Å². The first-order chi connectivity index (χ1) is 11.7. The first-order valence-electron chi connectivity index (χ1n) is 8.41. The second kappa shape index (κ2) is 7.81. The minimum Gasteiger partial charge on any atom is -0.497 e. The molecule has 24 heavy (non-hydrogen) atoms. The van der Waals surface area contributed by atoms with Gasteiger partial charge in [0.05, 0.1) is 13.7 Å². The molecule has 0 bridgehead atoms. The topological polar surface area (TPSA) is 55.6 Å². The van der Waals surface area contributed by atoms with E-state index < -0.39 is 0 Å². The largest absolute Gasteiger partial charge is 0.497 e. The fourth-order valence-corrected chi connectivity index (χ4v) is 4.15. The zero-order valence-electron chi connectivity index (χ0n) is 14.0. The Bertz CT molecular complexity index is 655. The van der Waals surface area contributed by atoms with Gasteiger partial charge in [-0.15, -0.1) is 11.3 Å². The standard InChI is InChI=1S/C19H24N2O2S/c1-23-16-9-7-15(8-10-16)21(13-17-5-3-11-24-17)19(22)18-6-2-4-14(18)12-20/h3,5,7-11,14,18H,2,4,6,12-13,20H2,1H3/t14-,18-/m1/s1. The summed E-state index contributed by atoms with van der Waals surface area (Å²) in [5, 5.41) is 2.05. The number of rotatable bonds is 6. The third-order valence-electron chi connectivity index (χ3n) is 4.82. The van der Waals surface area contributed by atoms with Crippen LogP contribution in [0.25, 0.3) is 0 Å². The van der Waals surface area contributed by atoms with Gasteiger partial charge in [0.2, 0.25) is 5.91 Å². The lowest BCUT2D eigenvalue weighted by molar-refractivity contribution is -0.123. The number of carbonyl (C=O) groups is 1. The molecule has 1 fully saturated rings. The molecule has 1 aliphatic rings. The Morgan fingerprint density at radius 3 is 2.71 bits per heavy atom. The Morgan fingerprint density at radius 2 is 2.08 bits per heavy atom. The number of carbonyl (C=O) groups excluding carboxylic acids is 1. The van der Waals surface area contributed by atoms with Gasteiger partial charge in [-0.05, 0) is 61.0 Å². The molecule has 2 aromatic rings. The first-order valence-corrected chi connectivity index (χ1v) is 9.28. The molecule has 0 unspecified atom stereocenters. The van der Waals surface area contributed by atoms with Gasteiger partial charge < -0.3 is 15.4 Å². The molecule has 1 saturated carbocycles. The molecule has 1 aliphatic carbocycles. The van der Waals surface area contributed by atoms with E-state index in [1.54, 1.807) is 18.4 Å². The van der Waals surface area contributed by atoms with Crippen molar-refractivity contribution in [3.63, 3.8) is 0 Å². The summed E-state index contributed by atoms with van der Waals surface area (Å²) in [7, 11) is 1.65. The Kier molecular flexibility index (Phi) is 5.53. The predicted molar refractivity (Wildman–Crippen MR) is 98.4 cm³/mol. The van der Waals surface area contributed by atoms with Gasteiger partial charge in [0.25, 0.3) is 0 Å². The summed E-state index contributed by atoms with van der Waals surface area (Å²) < 4.78 is 5.23. The highest BCUT2D eigenvalue weighted by Crippen LogP contribution is 2.34. The van der Waals surface area contributed by atoms with E-state index >= 15 is 0 Å². The Balaban J connectivity index is 1.87. The quantitative estimate of drug-likeness (QED) is 0.870. The van der Waals surface area contributed by atoms with Gasteiger partial charge in [-0.25, -0.2) is 0 Å². The number of ether oxygens (including phenoxy) is 1. The fraction of sp³-hybridized carbons (Fsp3) is 0.421. The van der Waals surface area contributed by atoms with Gasteiger partial charge in [0, 0.05) is 16.5 Å². The molecule has 1 aromatic carbocycles. The highest BCUT2D eigenvalue weighted by atomic mass is 32.1. The molecule has 5 heteroatoms. The normalized spacial score (nSPS) is 20.1. The van der Waals surface area contributed by atoms with Gasteiger partial charge in [-0.1, -0.05) is 12.5 Å². The number of hydrogen-bond acceptors (Lipinski definition) is 4. The van der Waals surface area contributed by atoms with Crippen LogP contribution in [0.5, 0.6) is 5.75 Å². The lowest BCUT2D eigenvalue weighted by Gasteiger charge is -2.28. The van der Waals surface area contributed by atoms with Gasteiger partial charge in [-0.3, -0.25) is 4.79 Å². The number of hydrogen-bond donors (Lipinski definition) is 1. The number of nitrogens with zero attached hydrogens (tertiary/aromatic N) is 1. The van der Waals surface area contributed by atoms with E-state index in [-0.39, 0.29) is 11.8 Å². The highest BCUT2D eigenvalue weighted by molar-refractivity contribution is 7.09. The zero-order valence-corrected chi connectivity index (χ0v) is 14.8. The molecule has 2 atom stereocenters. The fourth-order valence-electron chi connectivity index (χ4n) is 3.46. The summed E-state index contributed by atoms with van der Waals surface area (Å²) in [6.07, 6.45) is 3.09. The van der Waals surface area contributed by atoms with Crippen LogP contribution in [0.1, 0.15) is 24.1 Å². The zero-order chi connectivity index (χ0) is 16.9. The molecule has 0 saturated heterocycles. The number of benzene rings is 1. The van der Waals surface area contributed by atoms with Crippen LogP contribution in [0.2, 0.25) is 0 Å². The molecule has 1 heterocycles. The second-order valence-electron chi connectivity index (χ2n) is 6.23. The van der Waals surface area contributed by atoms with E-state index in [2.05, 4.69) is 6.07 Å². The summed E-state index contributed by atoms with van der Waals surface area (Å²) in [6.45, 7) is 1.20. The van der Waals surface area contributed by atoms with E-state index in [1.165, 1.54) is 4.88 Å². The van der Waals surface area contributed by atoms with Crippen molar-refractivity contribution in [1.82, 2.24) is 0 Å². The van der Waals surface area contributed by atoms with Gasteiger partial charge >= 0.3 is 0 Å². The van der Waals surface area contributed by atoms with Crippen molar-refractivity contribution in [1.29, 1.82) is 0 Å². The van der Waals surface area contributed by atoms with Crippen molar-refractivity contribution in [3.8, 4) is 5.75 Å². The molecular formula is C19H24N2O2S. The second-order valence-corrected chi connectivity index (χ2v) is 7.27. The van der Waals surface area contributed by atoms with Crippen molar-refractivity contribution in [2.24, 2.45) is 17.6 Å².